The fourth-order valence-corrected chi connectivity index (χ4v) is 3.65. The zero-order valence-corrected chi connectivity index (χ0v) is 17.7. The minimum absolute atomic E-state index is 0.0608. The van der Waals surface area contributed by atoms with Crippen molar-refractivity contribution in [2.24, 2.45) is 0 Å². The maximum absolute atomic E-state index is 12.4. The van der Waals surface area contributed by atoms with Gasteiger partial charge in [-0.05, 0) is 29.8 Å². The molecule has 166 valence electrons. The van der Waals surface area contributed by atoms with Gasteiger partial charge in [-0.2, -0.15) is 5.10 Å². The molecule has 33 heavy (non-hydrogen) atoms. The molecular formula is C25H20N2O6. The number of carboxylic acids is 1. The quantitative estimate of drug-likeness (QED) is 0.437. The molecule has 5 rings (SSSR count). The minimum atomic E-state index is -1.15. The lowest BCUT2D eigenvalue weighted by atomic mass is 10.1. The van der Waals surface area contributed by atoms with E-state index in [1.54, 1.807) is 25.3 Å². The number of benzene rings is 3. The number of fused-ring (bicyclic) bond motifs is 1. The highest BCUT2D eigenvalue weighted by molar-refractivity contribution is 5.92. The van der Waals surface area contributed by atoms with E-state index in [0.717, 1.165) is 11.1 Å². The Bertz CT molecular complexity index is 1320. The lowest BCUT2D eigenvalue weighted by molar-refractivity contribution is 0.0681. The lowest BCUT2D eigenvalue weighted by Crippen LogP contribution is -2.11. The zero-order valence-electron chi connectivity index (χ0n) is 17.7. The smallest absolute Gasteiger partial charge is 0.358 e. The number of hydrogen-bond donors (Lipinski definition) is 1. The average molecular weight is 444 g/mol. The second-order valence-electron chi connectivity index (χ2n) is 7.32. The van der Waals surface area contributed by atoms with E-state index in [2.05, 4.69) is 5.10 Å². The van der Waals surface area contributed by atoms with Gasteiger partial charge < -0.3 is 24.1 Å². The Balaban J connectivity index is 1.61. The van der Waals surface area contributed by atoms with Crippen LogP contribution >= 0.6 is 0 Å². The Morgan fingerprint density at radius 1 is 1.00 bits per heavy atom. The molecule has 8 heteroatoms. The largest absolute Gasteiger partial charge is 0.497 e. The fraction of sp³-hybridized carbons (Fsp3) is 0.120. The number of carboxylic acid groups (broad SMARTS) is 1. The highest BCUT2D eigenvalue weighted by atomic mass is 16.7. The summed E-state index contributed by atoms with van der Waals surface area (Å²) in [6.07, 6.45) is 0. The Hall–Kier alpha value is -4.46. The van der Waals surface area contributed by atoms with E-state index in [0.29, 0.717) is 28.7 Å². The van der Waals surface area contributed by atoms with Gasteiger partial charge in [0.05, 0.1) is 13.7 Å². The molecule has 2 heterocycles. The number of carbonyl (C=O) groups is 1. The molecule has 3 aromatic carbocycles. The highest BCUT2D eigenvalue weighted by Gasteiger charge is 2.27. The van der Waals surface area contributed by atoms with Crippen LogP contribution in [0.4, 0.5) is 0 Å². The van der Waals surface area contributed by atoms with Gasteiger partial charge in [-0.25, -0.2) is 9.48 Å². The van der Waals surface area contributed by atoms with Crippen LogP contribution < -0.4 is 18.9 Å². The maximum Gasteiger partial charge on any atom is 0.358 e. The second kappa shape index (κ2) is 8.58. The van der Waals surface area contributed by atoms with Crippen molar-refractivity contribution in [3.8, 4) is 40.0 Å². The third-order valence-corrected chi connectivity index (χ3v) is 5.19. The van der Waals surface area contributed by atoms with E-state index in [-0.39, 0.29) is 24.8 Å². The van der Waals surface area contributed by atoms with Crippen LogP contribution in [-0.2, 0) is 6.54 Å². The van der Waals surface area contributed by atoms with Gasteiger partial charge >= 0.3 is 5.97 Å². The standard InChI is InChI=1S/C25H20N2O6/c1-30-18-9-5-6-16(12-18)14-27-23(25(28)29)24(22(26-27)17-7-3-2-4-8-17)33-19-10-11-20-21(13-19)32-15-31-20/h2-13H,14-15H2,1H3,(H,28,29). The van der Waals surface area contributed by atoms with E-state index in [9.17, 15) is 9.90 Å². The van der Waals surface area contributed by atoms with Crippen LogP contribution in [0.2, 0.25) is 0 Å². The molecule has 0 amide bonds. The van der Waals surface area contributed by atoms with Crippen molar-refractivity contribution in [3.05, 3.63) is 84.1 Å². The summed E-state index contributed by atoms with van der Waals surface area (Å²) in [5.41, 5.74) is 1.94. The molecule has 4 aromatic rings. The van der Waals surface area contributed by atoms with Gasteiger partial charge in [0, 0.05) is 11.6 Å². The summed E-state index contributed by atoms with van der Waals surface area (Å²) in [6.45, 7) is 0.357. The molecule has 0 atom stereocenters. The summed E-state index contributed by atoms with van der Waals surface area (Å²) in [5.74, 6) is 1.24. The molecule has 1 aromatic heterocycles. The number of rotatable bonds is 7. The van der Waals surface area contributed by atoms with Gasteiger partial charge in [-0.15, -0.1) is 0 Å². The van der Waals surface area contributed by atoms with Crippen LogP contribution in [0, 0.1) is 0 Å². The topological polar surface area (TPSA) is 92.0 Å². The number of ether oxygens (including phenoxy) is 4. The van der Waals surface area contributed by atoms with E-state index >= 15 is 0 Å². The van der Waals surface area contributed by atoms with E-state index < -0.39 is 5.97 Å². The number of aromatic nitrogens is 2. The molecule has 0 bridgehead atoms. The molecule has 0 fully saturated rings. The molecule has 0 unspecified atom stereocenters. The van der Waals surface area contributed by atoms with Crippen LogP contribution in [0.1, 0.15) is 16.1 Å². The normalized spacial score (nSPS) is 11.9. The minimum Gasteiger partial charge on any atom is -0.497 e. The fourth-order valence-electron chi connectivity index (χ4n) is 3.65. The maximum atomic E-state index is 12.4. The van der Waals surface area contributed by atoms with Crippen molar-refractivity contribution in [1.82, 2.24) is 9.78 Å². The number of nitrogens with zero attached hydrogens (tertiary/aromatic N) is 2. The zero-order chi connectivity index (χ0) is 22.8. The van der Waals surface area contributed by atoms with Gasteiger partial charge in [0.1, 0.15) is 17.2 Å². The molecule has 0 spiro atoms. The Morgan fingerprint density at radius 2 is 1.82 bits per heavy atom. The lowest BCUT2D eigenvalue weighted by Gasteiger charge is -2.09. The van der Waals surface area contributed by atoms with Crippen LogP contribution in [0.15, 0.2) is 72.8 Å². The van der Waals surface area contributed by atoms with Gasteiger partial charge in [0.2, 0.25) is 6.79 Å². The molecule has 1 aliphatic rings. The van der Waals surface area contributed by atoms with Crippen LogP contribution in [-0.4, -0.2) is 34.8 Å². The van der Waals surface area contributed by atoms with Crippen molar-refractivity contribution in [2.45, 2.75) is 6.54 Å². The summed E-state index contributed by atoms with van der Waals surface area (Å²) in [5, 5.41) is 14.7. The highest BCUT2D eigenvalue weighted by Crippen LogP contribution is 2.40. The van der Waals surface area contributed by atoms with Gasteiger partial charge in [-0.3, -0.25) is 0 Å². The van der Waals surface area contributed by atoms with Crippen LogP contribution in [0.5, 0.6) is 28.7 Å². The third-order valence-electron chi connectivity index (χ3n) is 5.19. The molecule has 1 N–H and O–H groups in total. The van der Waals surface area contributed by atoms with Crippen LogP contribution in [0.25, 0.3) is 11.3 Å². The first-order valence-electron chi connectivity index (χ1n) is 10.2. The van der Waals surface area contributed by atoms with Gasteiger partial charge in [0.15, 0.2) is 22.9 Å². The molecule has 0 saturated heterocycles. The van der Waals surface area contributed by atoms with E-state index in [4.69, 9.17) is 18.9 Å². The molecule has 1 aliphatic heterocycles. The predicted octanol–water partition coefficient (Wildman–Crippen LogP) is 4.83. The molecule has 8 nitrogen and oxygen atoms in total. The van der Waals surface area contributed by atoms with Crippen molar-refractivity contribution in [2.75, 3.05) is 13.9 Å². The average Bonchev–Trinajstić information content (AvgIpc) is 3.44. The Labute approximate surface area is 189 Å². The van der Waals surface area contributed by atoms with Crippen LogP contribution in [0.3, 0.4) is 0 Å². The number of methoxy groups -OCH3 is 1. The van der Waals surface area contributed by atoms with Crippen molar-refractivity contribution >= 4 is 5.97 Å². The summed E-state index contributed by atoms with van der Waals surface area (Å²) in [4.78, 5) is 12.4. The van der Waals surface area contributed by atoms with Crippen molar-refractivity contribution in [3.63, 3.8) is 0 Å². The van der Waals surface area contributed by atoms with E-state index in [1.165, 1.54) is 4.68 Å². The number of hydrogen-bond acceptors (Lipinski definition) is 6. The summed E-state index contributed by atoms with van der Waals surface area (Å²) in [7, 11) is 1.58. The predicted molar refractivity (Wildman–Crippen MR) is 119 cm³/mol. The third kappa shape index (κ3) is 4.06. The summed E-state index contributed by atoms with van der Waals surface area (Å²) < 4.78 is 23.6. The molecule has 0 aliphatic carbocycles. The number of aromatic carboxylic acids is 1. The first-order valence-corrected chi connectivity index (χ1v) is 10.2. The first-order chi connectivity index (χ1) is 16.1. The SMILES string of the molecule is COc1cccc(Cn2nc(-c3ccccc3)c(Oc3ccc4c(c3)OCO4)c2C(=O)O)c1. The Morgan fingerprint density at radius 3 is 2.61 bits per heavy atom. The summed E-state index contributed by atoms with van der Waals surface area (Å²) >= 11 is 0. The van der Waals surface area contributed by atoms with Crippen molar-refractivity contribution < 1.29 is 28.8 Å². The molecular weight excluding hydrogens is 424 g/mol. The molecule has 0 saturated carbocycles. The Kier molecular flexibility index (Phi) is 5.32. The summed E-state index contributed by atoms with van der Waals surface area (Å²) in [6, 6.07) is 21.8. The van der Waals surface area contributed by atoms with E-state index in [1.807, 2.05) is 54.6 Å². The molecule has 0 radical (unpaired) electrons. The first kappa shape index (κ1) is 20.4. The second-order valence-corrected chi connectivity index (χ2v) is 7.32. The van der Waals surface area contributed by atoms with Crippen molar-refractivity contribution in [1.29, 1.82) is 0 Å². The van der Waals surface area contributed by atoms with Gasteiger partial charge in [-0.1, -0.05) is 42.5 Å². The van der Waals surface area contributed by atoms with Gasteiger partial charge in [0.25, 0.3) is 0 Å². The monoisotopic (exact) mass is 444 g/mol.